The van der Waals surface area contributed by atoms with Crippen LogP contribution in [0.4, 0.5) is 4.79 Å². The summed E-state index contributed by atoms with van der Waals surface area (Å²) in [6, 6.07) is 0.381. The first-order valence-corrected chi connectivity index (χ1v) is 6.77. The zero-order chi connectivity index (χ0) is 13.1. The van der Waals surface area contributed by atoms with Gasteiger partial charge in [-0.05, 0) is 38.5 Å². The van der Waals surface area contributed by atoms with Crippen LogP contribution in [0.15, 0.2) is 0 Å². The van der Waals surface area contributed by atoms with Crippen molar-refractivity contribution in [3.63, 3.8) is 0 Å². The Kier molecular flexibility index (Phi) is 4.45. The molecule has 0 aromatic heterocycles. The van der Waals surface area contributed by atoms with E-state index in [0.717, 1.165) is 19.3 Å². The predicted octanol–water partition coefficient (Wildman–Crippen LogP) is 3.44. The molecule has 17 heavy (non-hydrogen) atoms. The molecular weight excluding hydrogens is 212 g/mol. The van der Waals surface area contributed by atoms with Crippen LogP contribution >= 0.6 is 0 Å². The van der Waals surface area contributed by atoms with E-state index < -0.39 is 0 Å². The largest absolute Gasteiger partial charge is 0.335 e. The van der Waals surface area contributed by atoms with E-state index in [-0.39, 0.29) is 17.0 Å². The Morgan fingerprint density at radius 3 is 2.12 bits per heavy atom. The van der Waals surface area contributed by atoms with Crippen LogP contribution in [-0.2, 0) is 0 Å². The molecule has 1 fully saturated rings. The molecule has 0 atom stereocenters. The third-order valence-corrected chi connectivity index (χ3v) is 3.11. The van der Waals surface area contributed by atoms with Crippen molar-refractivity contribution < 1.29 is 4.79 Å². The van der Waals surface area contributed by atoms with Gasteiger partial charge in [0.05, 0.1) is 0 Å². The molecule has 0 aromatic carbocycles. The number of nitrogens with one attached hydrogen (secondary N) is 2. The summed E-state index contributed by atoms with van der Waals surface area (Å²) in [5.41, 5.74) is 0.0745. The molecule has 0 saturated heterocycles. The van der Waals surface area contributed by atoms with Crippen LogP contribution in [0.1, 0.15) is 66.7 Å². The molecule has 1 aliphatic carbocycles. The molecule has 100 valence electrons. The Morgan fingerprint density at radius 1 is 1.12 bits per heavy atom. The van der Waals surface area contributed by atoms with Crippen molar-refractivity contribution in [2.75, 3.05) is 0 Å². The van der Waals surface area contributed by atoms with E-state index in [1.54, 1.807) is 0 Å². The minimum absolute atomic E-state index is 0.00819. The first-order chi connectivity index (χ1) is 7.68. The van der Waals surface area contributed by atoms with E-state index >= 15 is 0 Å². The van der Waals surface area contributed by atoms with E-state index in [4.69, 9.17) is 0 Å². The van der Waals surface area contributed by atoms with Crippen LogP contribution in [0.2, 0.25) is 0 Å². The van der Waals surface area contributed by atoms with Crippen LogP contribution in [-0.4, -0.2) is 17.6 Å². The molecule has 1 aliphatic rings. The van der Waals surface area contributed by atoms with Crippen molar-refractivity contribution in [3.8, 4) is 0 Å². The summed E-state index contributed by atoms with van der Waals surface area (Å²) in [5, 5.41) is 6.16. The molecule has 3 nitrogen and oxygen atoms in total. The van der Waals surface area contributed by atoms with Gasteiger partial charge in [0.15, 0.2) is 0 Å². The average Bonchev–Trinajstić information content (AvgIpc) is 2.49. The van der Waals surface area contributed by atoms with E-state index in [9.17, 15) is 4.79 Å². The smallest absolute Gasteiger partial charge is 0.315 e. The van der Waals surface area contributed by atoms with Gasteiger partial charge in [0.1, 0.15) is 0 Å². The lowest BCUT2D eigenvalue weighted by Gasteiger charge is -2.33. The fraction of sp³-hybridized carbons (Fsp3) is 0.929. The summed E-state index contributed by atoms with van der Waals surface area (Å²) in [7, 11) is 0. The molecule has 2 amide bonds. The van der Waals surface area contributed by atoms with Crippen LogP contribution in [0, 0.1) is 5.41 Å². The molecule has 2 N–H and O–H groups in total. The third kappa shape index (κ3) is 5.94. The molecule has 0 unspecified atom stereocenters. The molecular formula is C14H28N2O. The lowest BCUT2D eigenvalue weighted by molar-refractivity contribution is 0.207. The number of rotatable bonds is 3. The molecule has 0 radical (unpaired) electrons. The van der Waals surface area contributed by atoms with Crippen molar-refractivity contribution >= 4 is 6.03 Å². The second-order valence-electron chi connectivity index (χ2n) is 7.20. The van der Waals surface area contributed by atoms with Crippen LogP contribution in [0.25, 0.3) is 0 Å². The normalized spacial score (nSPS) is 18.2. The monoisotopic (exact) mass is 240 g/mol. The maximum atomic E-state index is 11.9. The summed E-state index contributed by atoms with van der Waals surface area (Å²) < 4.78 is 0. The zero-order valence-electron chi connectivity index (χ0n) is 12.0. The van der Waals surface area contributed by atoms with Crippen molar-refractivity contribution in [2.45, 2.75) is 78.3 Å². The molecule has 0 bridgehead atoms. The maximum absolute atomic E-state index is 11.9. The minimum Gasteiger partial charge on any atom is -0.335 e. The lowest BCUT2D eigenvalue weighted by atomic mass is 9.82. The number of hydrogen-bond acceptors (Lipinski definition) is 1. The van der Waals surface area contributed by atoms with Crippen molar-refractivity contribution in [1.82, 2.24) is 10.6 Å². The molecule has 1 saturated carbocycles. The Hall–Kier alpha value is -0.730. The summed E-state index contributed by atoms with van der Waals surface area (Å²) in [4.78, 5) is 11.9. The summed E-state index contributed by atoms with van der Waals surface area (Å²) in [6.45, 7) is 10.8. The average molecular weight is 240 g/mol. The highest BCUT2D eigenvalue weighted by Crippen LogP contribution is 2.26. The molecule has 0 aliphatic heterocycles. The van der Waals surface area contributed by atoms with E-state index in [0.29, 0.717) is 6.04 Å². The topological polar surface area (TPSA) is 41.1 Å². The molecule has 0 aromatic rings. The van der Waals surface area contributed by atoms with Gasteiger partial charge in [-0.3, -0.25) is 0 Å². The Bertz CT molecular complexity index is 260. The fourth-order valence-electron chi connectivity index (χ4n) is 2.97. The van der Waals surface area contributed by atoms with Gasteiger partial charge in [-0.15, -0.1) is 0 Å². The van der Waals surface area contributed by atoms with Crippen molar-refractivity contribution in [3.05, 3.63) is 0 Å². The highest BCUT2D eigenvalue weighted by molar-refractivity contribution is 5.75. The number of carbonyl (C=O) groups excluding carboxylic acids is 1. The van der Waals surface area contributed by atoms with Gasteiger partial charge >= 0.3 is 6.03 Å². The Morgan fingerprint density at radius 2 is 1.65 bits per heavy atom. The van der Waals surface area contributed by atoms with E-state index in [1.807, 2.05) is 0 Å². The number of hydrogen-bond donors (Lipinski definition) is 2. The first-order valence-electron chi connectivity index (χ1n) is 6.77. The Balaban J connectivity index is 2.38. The van der Waals surface area contributed by atoms with Gasteiger partial charge in [0.2, 0.25) is 0 Å². The van der Waals surface area contributed by atoms with Crippen LogP contribution < -0.4 is 10.6 Å². The number of carbonyl (C=O) groups is 1. The standard InChI is InChI=1S/C14H28N2O/c1-13(2,3)10-14(4,5)16-12(17)15-11-8-6-7-9-11/h11H,6-10H2,1-5H3,(H2,15,16,17). The van der Waals surface area contributed by atoms with E-state index in [1.165, 1.54) is 12.8 Å². The predicted molar refractivity (Wildman–Crippen MR) is 72.1 cm³/mol. The Labute approximate surface area is 106 Å². The summed E-state index contributed by atoms with van der Waals surface area (Å²) >= 11 is 0. The molecule has 0 heterocycles. The van der Waals surface area contributed by atoms with Gasteiger partial charge in [-0.2, -0.15) is 0 Å². The zero-order valence-corrected chi connectivity index (χ0v) is 12.0. The number of urea groups is 1. The van der Waals surface area contributed by atoms with Gasteiger partial charge in [-0.25, -0.2) is 4.79 Å². The number of amides is 2. The summed E-state index contributed by atoms with van der Waals surface area (Å²) in [5.74, 6) is 0. The van der Waals surface area contributed by atoms with E-state index in [2.05, 4.69) is 45.3 Å². The highest BCUT2D eigenvalue weighted by Gasteiger charge is 2.28. The lowest BCUT2D eigenvalue weighted by Crippen LogP contribution is -2.51. The van der Waals surface area contributed by atoms with Crippen molar-refractivity contribution in [2.24, 2.45) is 5.41 Å². The quantitative estimate of drug-likeness (QED) is 0.779. The van der Waals surface area contributed by atoms with Gasteiger partial charge in [0, 0.05) is 11.6 Å². The molecule has 1 rings (SSSR count). The fourth-order valence-corrected chi connectivity index (χ4v) is 2.97. The third-order valence-electron chi connectivity index (χ3n) is 3.11. The first kappa shape index (κ1) is 14.3. The minimum atomic E-state index is -0.152. The second kappa shape index (κ2) is 5.28. The molecule has 0 spiro atoms. The molecule has 3 heteroatoms. The summed E-state index contributed by atoms with van der Waals surface area (Å²) in [6.07, 6.45) is 5.73. The highest BCUT2D eigenvalue weighted by atomic mass is 16.2. The van der Waals surface area contributed by atoms with Gasteiger partial charge in [0.25, 0.3) is 0 Å². The van der Waals surface area contributed by atoms with Crippen LogP contribution in [0.3, 0.4) is 0 Å². The maximum Gasteiger partial charge on any atom is 0.315 e. The SMILES string of the molecule is CC(C)(C)CC(C)(C)NC(=O)NC1CCCC1. The van der Waals surface area contributed by atoms with Gasteiger partial charge in [-0.1, -0.05) is 33.6 Å². The van der Waals surface area contributed by atoms with Gasteiger partial charge < -0.3 is 10.6 Å². The second-order valence-corrected chi connectivity index (χ2v) is 7.20. The van der Waals surface area contributed by atoms with Crippen LogP contribution in [0.5, 0.6) is 0 Å². The van der Waals surface area contributed by atoms with Crippen molar-refractivity contribution in [1.29, 1.82) is 0 Å².